The fourth-order valence-corrected chi connectivity index (χ4v) is 3.96. The molecule has 0 saturated carbocycles. The number of amides is 2. The van der Waals surface area contributed by atoms with Crippen LogP contribution < -0.4 is 15.5 Å². The largest absolute Gasteiger partial charge is 0.356 e. The molecule has 2 aromatic rings. The van der Waals surface area contributed by atoms with E-state index in [1.807, 2.05) is 48.5 Å². The van der Waals surface area contributed by atoms with E-state index in [1.54, 1.807) is 0 Å². The number of benzene rings is 2. The molecule has 2 aromatic carbocycles. The van der Waals surface area contributed by atoms with Crippen molar-refractivity contribution in [3.63, 3.8) is 0 Å². The summed E-state index contributed by atoms with van der Waals surface area (Å²) in [5, 5.41) is 6.71. The predicted octanol–water partition coefficient (Wildman–Crippen LogP) is 2.99. The molecule has 1 fully saturated rings. The van der Waals surface area contributed by atoms with Gasteiger partial charge in [-0.2, -0.15) is 0 Å². The highest BCUT2D eigenvalue weighted by molar-refractivity contribution is 6.30. The highest BCUT2D eigenvalue weighted by Gasteiger charge is 2.41. The first-order chi connectivity index (χ1) is 12.6. The maximum absolute atomic E-state index is 12.3. The molecule has 6 heteroatoms. The molecule has 2 heterocycles. The Morgan fingerprint density at radius 1 is 1.23 bits per heavy atom. The second-order valence-corrected chi connectivity index (χ2v) is 7.24. The molecule has 0 spiro atoms. The average Bonchev–Trinajstić information content (AvgIpc) is 3.05. The van der Waals surface area contributed by atoms with Crippen molar-refractivity contribution in [3.8, 4) is 0 Å². The number of nitrogens with zero attached hydrogens (tertiary/aromatic N) is 1. The van der Waals surface area contributed by atoms with Gasteiger partial charge in [0.05, 0.1) is 11.4 Å². The van der Waals surface area contributed by atoms with Crippen LogP contribution in [-0.4, -0.2) is 30.4 Å². The van der Waals surface area contributed by atoms with Crippen LogP contribution in [0.5, 0.6) is 0 Å². The van der Waals surface area contributed by atoms with Crippen molar-refractivity contribution in [1.29, 1.82) is 0 Å². The number of hydrogen-bond donors (Lipinski definition) is 2. The van der Waals surface area contributed by atoms with E-state index in [2.05, 4.69) is 15.5 Å². The third-order valence-corrected chi connectivity index (χ3v) is 5.21. The van der Waals surface area contributed by atoms with Gasteiger partial charge in [0.25, 0.3) is 0 Å². The van der Waals surface area contributed by atoms with Crippen molar-refractivity contribution in [3.05, 3.63) is 59.1 Å². The van der Waals surface area contributed by atoms with E-state index in [0.29, 0.717) is 30.8 Å². The molecular formula is C20H20ClN3O2. The molecule has 0 bridgehead atoms. The van der Waals surface area contributed by atoms with Crippen molar-refractivity contribution in [2.75, 3.05) is 16.8 Å². The van der Waals surface area contributed by atoms with Crippen LogP contribution in [0.2, 0.25) is 5.02 Å². The zero-order valence-electron chi connectivity index (χ0n) is 14.2. The number of para-hydroxylation sites is 2. The number of fused-ring (bicyclic) bond motifs is 3. The molecule has 5 nitrogen and oxygen atoms in total. The Labute approximate surface area is 157 Å². The Kier molecular flexibility index (Phi) is 4.55. The van der Waals surface area contributed by atoms with Crippen LogP contribution in [0.15, 0.2) is 48.5 Å². The summed E-state index contributed by atoms with van der Waals surface area (Å²) in [6.07, 6.45) is 1.68. The van der Waals surface area contributed by atoms with Crippen LogP contribution in [0.3, 0.4) is 0 Å². The first-order valence-electron chi connectivity index (χ1n) is 8.80. The van der Waals surface area contributed by atoms with E-state index >= 15 is 0 Å². The first-order valence-corrected chi connectivity index (χ1v) is 9.18. The van der Waals surface area contributed by atoms with Crippen LogP contribution in [0.25, 0.3) is 0 Å². The third-order valence-electron chi connectivity index (χ3n) is 4.97. The Morgan fingerprint density at radius 3 is 2.92 bits per heavy atom. The lowest BCUT2D eigenvalue weighted by atomic mass is 10.1. The summed E-state index contributed by atoms with van der Waals surface area (Å²) in [7, 11) is 0. The second kappa shape index (κ2) is 7.00. The van der Waals surface area contributed by atoms with E-state index in [1.165, 1.54) is 0 Å². The van der Waals surface area contributed by atoms with E-state index in [4.69, 9.17) is 11.6 Å². The van der Waals surface area contributed by atoms with Crippen LogP contribution in [0.1, 0.15) is 18.4 Å². The molecule has 26 heavy (non-hydrogen) atoms. The Balaban J connectivity index is 1.37. The lowest BCUT2D eigenvalue weighted by molar-refractivity contribution is -0.122. The van der Waals surface area contributed by atoms with Gasteiger partial charge in [-0.25, -0.2) is 0 Å². The van der Waals surface area contributed by atoms with Crippen LogP contribution in [0, 0.1) is 0 Å². The fraction of sp³-hybridized carbons (Fsp3) is 0.300. The smallest absolute Gasteiger partial charge is 0.247 e. The molecule has 0 aromatic heterocycles. The van der Waals surface area contributed by atoms with Crippen molar-refractivity contribution in [1.82, 2.24) is 5.32 Å². The Bertz CT molecular complexity index is 854. The summed E-state index contributed by atoms with van der Waals surface area (Å²) in [4.78, 5) is 26.8. The summed E-state index contributed by atoms with van der Waals surface area (Å²) in [6, 6.07) is 15.1. The van der Waals surface area contributed by atoms with Crippen LogP contribution in [0.4, 0.5) is 11.4 Å². The van der Waals surface area contributed by atoms with Crippen molar-refractivity contribution >= 4 is 34.8 Å². The maximum atomic E-state index is 12.3. The third kappa shape index (κ3) is 3.40. The number of carbonyl (C=O) groups excluding carboxylic acids is 2. The minimum Gasteiger partial charge on any atom is -0.356 e. The quantitative estimate of drug-likeness (QED) is 0.871. The number of aryl methyl sites for hydroxylation is 1. The minimum atomic E-state index is -0.219. The van der Waals surface area contributed by atoms with Gasteiger partial charge < -0.3 is 15.5 Å². The highest BCUT2D eigenvalue weighted by atomic mass is 35.5. The molecule has 0 radical (unpaired) electrons. The molecule has 1 saturated heterocycles. The fourth-order valence-electron chi connectivity index (χ4n) is 3.75. The number of hydrogen-bond acceptors (Lipinski definition) is 3. The SMILES string of the molecule is O=C(CCc1cccc(Cl)c1)NC1CC2C(=O)Nc3ccccc3N2C1. The van der Waals surface area contributed by atoms with E-state index in [-0.39, 0.29) is 23.9 Å². The topological polar surface area (TPSA) is 61.4 Å². The summed E-state index contributed by atoms with van der Waals surface area (Å²) < 4.78 is 0. The van der Waals surface area contributed by atoms with Crippen molar-refractivity contribution < 1.29 is 9.59 Å². The van der Waals surface area contributed by atoms with Gasteiger partial charge in [-0.3, -0.25) is 9.59 Å². The number of anilines is 2. The van der Waals surface area contributed by atoms with Gasteiger partial charge in [-0.05, 0) is 42.7 Å². The molecule has 2 atom stereocenters. The molecule has 2 N–H and O–H groups in total. The summed E-state index contributed by atoms with van der Waals surface area (Å²) in [5.74, 6) is 0.00268. The van der Waals surface area contributed by atoms with E-state index < -0.39 is 0 Å². The molecular weight excluding hydrogens is 350 g/mol. The number of rotatable bonds is 4. The van der Waals surface area contributed by atoms with E-state index in [9.17, 15) is 9.59 Å². The van der Waals surface area contributed by atoms with Crippen LogP contribution in [-0.2, 0) is 16.0 Å². The number of halogens is 1. The number of nitrogens with one attached hydrogen (secondary N) is 2. The van der Waals surface area contributed by atoms with Crippen molar-refractivity contribution in [2.45, 2.75) is 31.3 Å². The average molecular weight is 370 g/mol. The first kappa shape index (κ1) is 16.9. The molecule has 134 valence electrons. The zero-order valence-corrected chi connectivity index (χ0v) is 15.0. The normalized spacial score (nSPS) is 21.0. The molecule has 2 unspecified atom stereocenters. The molecule has 2 aliphatic heterocycles. The molecule has 2 amide bonds. The summed E-state index contributed by atoms with van der Waals surface area (Å²) in [5.41, 5.74) is 2.90. The van der Waals surface area contributed by atoms with Gasteiger partial charge in [0.15, 0.2) is 0 Å². The monoisotopic (exact) mass is 369 g/mol. The second-order valence-electron chi connectivity index (χ2n) is 6.80. The highest BCUT2D eigenvalue weighted by Crippen LogP contribution is 2.36. The number of carbonyl (C=O) groups is 2. The van der Waals surface area contributed by atoms with Gasteiger partial charge >= 0.3 is 0 Å². The van der Waals surface area contributed by atoms with Crippen LogP contribution >= 0.6 is 11.6 Å². The maximum Gasteiger partial charge on any atom is 0.247 e. The summed E-state index contributed by atoms with van der Waals surface area (Å²) >= 11 is 5.98. The van der Waals surface area contributed by atoms with Gasteiger partial charge in [0.2, 0.25) is 11.8 Å². The minimum absolute atomic E-state index is 0.000577. The lowest BCUT2D eigenvalue weighted by Gasteiger charge is -2.32. The standard InChI is InChI=1S/C20H20ClN3O2/c21-14-5-3-4-13(10-14)8-9-19(25)22-15-11-18-20(26)23-16-6-1-2-7-17(16)24(18)12-15/h1-7,10,15,18H,8-9,11-12H2,(H,22,25)(H,23,26). The van der Waals surface area contributed by atoms with Crippen molar-refractivity contribution in [2.24, 2.45) is 0 Å². The van der Waals surface area contributed by atoms with Gasteiger partial charge in [0.1, 0.15) is 6.04 Å². The van der Waals surface area contributed by atoms with Gasteiger partial charge in [0, 0.05) is 24.0 Å². The van der Waals surface area contributed by atoms with Gasteiger partial charge in [-0.15, -0.1) is 0 Å². The lowest BCUT2D eigenvalue weighted by Crippen LogP contribution is -2.44. The Hall–Kier alpha value is -2.53. The molecule has 4 rings (SSSR count). The molecule has 2 aliphatic rings. The molecule has 0 aliphatic carbocycles. The Morgan fingerprint density at radius 2 is 2.08 bits per heavy atom. The van der Waals surface area contributed by atoms with Gasteiger partial charge in [-0.1, -0.05) is 35.9 Å². The predicted molar refractivity (Wildman–Crippen MR) is 103 cm³/mol. The van der Waals surface area contributed by atoms with E-state index in [0.717, 1.165) is 16.9 Å². The zero-order chi connectivity index (χ0) is 18.1. The summed E-state index contributed by atoms with van der Waals surface area (Å²) in [6.45, 7) is 0.651.